The van der Waals surface area contributed by atoms with E-state index in [0.717, 1.165) is 0 Å². The Morgan fingerprint density at radius 1 is 1.50 bits per heavy atom. The maximum atomic E-state index is 11.5. The van der Waals surface area contributed by atoms with E-state index in [1.54, 1.807) is 0 Å². The zero-order valence-corrected chi connectivity index (χ0v) is 8.68. The molecule has 0 bridgehead atoms. The van der Waals surface area contributed by atoms with E-state index in [0.29, 0.717) is 5.82 Å². The first-order valence-electron chi connectivity index (χ1n) is 4.26. The van der Waals surface area contributed by atoms with Crippen molar-refractivity contribution in [2.75, 3.05) is 0 Å². The van der Waals surface area contributed by atoms with Crippen molar-refractivity contribution in [1.29, 1.82) is 0 Å². The third-order valence-electron chi connectivity index (χ3n) is 1.65. The monoisotopic (exact) mass is 239 g/mol. The van der Waals surface area contributed by atoms with Crippen LogP contribution in [0.5, 0.6) is 0 Å². The van der Waals surface area contributed by atoms with Gasteiger partial charge in [0.2, 0.25) is 6.39 Å². The Balaban J connectivity index is 1.98. The van der Waals surface area contributed by atoms with E-state index in [1.165, 1.54) is 18.8 Å². The Bertz CT molecular complexity index is 487. The maximum absolute atomic E-state index is 11.5. The zero-order valence-electron chi connectivity index (χ0n) is 7.92. The number of aromatic nitrogens is 4. The Morgan fingerprint density at radius 3 is 3.06 bits per heavy atom. The quantitative estimate of drug-likeness (QED) is 0.835. The van der Waals surface area contributed by atoms with Gasteiger partial charge in [0.25, 0.3) is 5.91 Å². The molecule has 2 heterocycles. The number of hydrogen-bond donors (Lipinski definition) is 1. The summed E-state index contributed by atoms with van der Waals surface area (Å²) in [5.74, 6) is -0.0249. The van der Waals surface area contributed by atoms with Crippen LogP contribution in [0, 0.1) is 0 Å². The van der Waals surface area contributed by atoms with E-state index in [9.17, 15) is 4.79 Å². The highest BCUT2D eigenvalue weighted by Gasteiger charge is 2.09. The minimum atomic E-state index is -0.403. The molecule has 2 aromatic rings. The number of halogens is 1. The first-order valence-corrected chi connectivity index (χ1v) is 4.64. The zero-order chi connectivity index (χ0) is 11.4. The molecule has 1 amide bonds. The van der Waals surface area contributed by atoms with Crippen LogP contribution in [0.3, 0.4) is 0 Å². The van der Waals surface area contributed by atoms with Crippen LogP contribution in [0.4, 0.5) is 0 Å². The Kier molecular flexibility index (Phi) is 3.06. The van der Waals surface area contributed by atoms with Crippen LogP contribution < -0.4 is 5.32 Å². The lowest BCUT2D eigenvalue weighted by molar-refractivity contribution is 0.0944. The minimum absolute atomic E-state index is 0.135. The van der Waals surface area contributed by atoms with Crippen LogP contribution in [-0.4, -0.2) is 26.0 Å². The molecule has 1 N–H and O–H groups in total. The van der Waals surface area contributed by atoms with E-state index in [-0.39, 0.29) is 17.4 Å². The van der Waals surface area contributed by atoms with Gasteiger partial charge in [-0.25, -0.2) is 4.98 Å². The molecule has 82 valence electrons. The fraction of sp³-hybridized carbons (Fsp3) is 0.125. The third kappa shape index (κ3) is 2.51. The number of amides is 1. The third-order valence-corrected chi connectivity index (χ3v) is 1.83. The molecular formula is C8H6ClN5O2. The number of hydrogen-bond acceptors (Lipinski definition) is 6. The van der Waals surface area contributed by atoms with Crippen LogP contribution in [0.25, 0.3) is 0 Å². The molecule has 2 rings (SSSR count). The smallest absolute Gasteiger partial charge is 0.271 e. The Labute approximate surface area is 94.9 Å². The molecule has 8 heteroatoms. The van der Waals surface area contributed by atoms with Gasteiger partial charge in [0.15, 0.2) is 5.82 Å². The molecule has 0 aliphatic carbocycles. The summed E-state index contributed by atoms with van der Waals surface area (Å²) in [7, 11) is 0. The van der Waals surface area contributed by atoms with Crippen LogP contribution in [0.1, 0.15) is 16.3 Å². The van der Waals surface area contributed by atoms with Crippen molar-refractivity contribution in [3.8, 4) is 0 Å². The molecule has 2 aromatic heterocycles. The summed E-state index contributed by atoms with van der Waals surface area (Å²) in [5, 5.41) is 6.24. The van der Waals surface area contributed by atoms with Gasteiger partial charge in [0.1, 0.15) is 10.8 Å². The van der Waals surface area contributed by atoms with E-state index >= 15 is 0 Å². The fourth-order valence-electron chi connectivity index (χ4n) is 0.972. The predicted molar refractivity (Wildman–Crippen MR) is 52.5 cm³/mol. The second-order valence-electron chi connectivity index (χ2n) is 2.76. The second kappa shape index (κ2) is 4.67. The summed E-state index contributed by atoms with van der Waals surface area (Å²) in [6.45, 7) is 0.156. The van der Waals surface area contributed by atoms with Gasteiger partial charge in [0.05, 0.1) is 18.9 Å². The molecule has 0 fully saturated rings. The Hall–Kier alpha value is -2.02. The number of nitrogens with zero attached hydrogens (tertiary/aromatic N) is 4. The lowest BCUT2D eigenvalue weighted by Crippen LogP contribution is -2.24. The standard InChI is InChI=1S/C8H6ClN5O2/c9-6-2-10-1-5(13-6)8(15)11-3-7-12-4-16-14-7/h1-2,4H,3H2,(H,11,15). The van der Waals surface area contributed by atoms with Gasteiger partial charge in [-0.1, -0.05) is 16.8 Å². The molecule has 0 atom stereocenters. The number of carbonyl (C=O) groups excluding carboxylic acids is 1. The summed E-state index contributed by atoms with van der Waals surface area (Å²) >= 11 is 5.60. The summed E-state index contributed by atoms with van der Waals surface area (Å²) in [6, 6.07) is 0. The van der Waals surface area contributed by atoms with Crippen molar-refractivity contribution in [3.63, 3.8) is 0 Å². The van der Waals surface area contributed by atoms with E-state index in [1.807, 2.05) is 0 Å². The summed E-state index contributed by atoms with van der Waals surface area (Å²) in [6.07, 6.45) is 3.84. The molecule has 0 saturated heterocycles. The van der Waals surface area contributed by atoms with E-state index in [2.05, 4.69) is 29.9 Å². The molecule has 0 radical (unpaired) electrons. The van der Waals surface area contributed by atoms with Gasteiger partial charge in [0, 0.05) is 0 Å². The first kappa shape index (κ1) is 10.5. The van der Waals surface area contributed by atoms with E-state index < -0.39 is 5.91 Å². The molecule has 0 saturated carbocycles. The van der Waals surface area contributed by atoms with Crippen molar-refractivity contribution < 1.29 is 9.32 Å². The molecule has 7 nitrogen and oxygen atoms in total. The average Bonchev–Trinajstić information content (AvgIpc) is 2.78. The van der Waals surface area contributed by atoms with Crippen molar-refractivity contribution in [2.24, 2.45) is 0 Å². The van der Waals surface area contributed by atoms with Gasteiger partial charge < -0.3 is 9.84 Å². The van der Waals surface area contributed by atoms with Gasteiger partial charge >= 0.3 is 0 Å². The molecule has 0 aromatic carbocycles. The molecule has 0 aliphatic heterocycles. The summed E-state index contributed by atoms with van der Waals surface area (Å²) in [4.78, 5) is 22.8. The minimum Gasteiger partial charge on any atom is -0.343 e. The van der Waals surface area contributed by atoms with Crippen molar-refractivity contribution in [1.82, 2.24) is 25.4 Å². The molecule has 0 unspecified atom stereocenters. The van der Waals surface area contributed by atoms with Gasteiger partial charge in [-0.15, -0.1) is 0 Å². The lowest BCUT2D eigenvalue weighted by atomic mass is 10.4. The van der Waals surface area contributed by atoms with Gasteiger partial charge in [-0.05, 0) is 0 Å². The largest absolute Gasteiger partial charge is 0.343 e. The van der Waals surface area contributed by atoms with E-state index in [4.69, 9.17) is 11.6 Å². The summed E-state index contributed by atoms with van der Waals surface area (Å²) in [5.41, 5.74) is 0.135. The average molecular weight is 240 g/mol. The fourth-order valence-corrected chi connectivity index (χ4v) is 1.12. The highest BCUT2D eigenvalue weighted by atomic mass is 35.5. The van der Waals surface area contributed by atoms with Crippen molar-refractivity contribution in [3.05, 3.63) is 35.5 Å². The van der Waals surface area contributed by atoms with Crippen molar-refractivity contribution >= 4 is 17.5 Å². The number of nitrogens with one attached hydrogen (secondary N) is 1. The highest BCUT2D eigenvalue weighted by molar-refractivity contribution is 6.29. The summed E-state index contributed by atoms with van der Waals surface area (Å²) < 4.78 is 4.51. The van der Waals surface area contributed by atoms with Crippen LogP contribution in [-0.2, 0) is 6.54 Å². The maximum Gasteiger partial charge on any atom is 0.271 e. The highest BCUT2D eigenvalue weighted by Crippen LogP contribution is 2.02. The lowest BCUT2D eigenvalue weighted by Gasteiger charge is -2.00. The molecule has 0 aliphatic rings. The van der Waals surface area contributed by atoms with Crippen LogP contribution >= 0.6 is 11.6 Å². The topological polar surface area (TPSA) is 93.8 Å². The molecule has 0 spiro atoms. The molecule has 16 heavy (non-hydrogen) atoms. The number of rotatable bonds is 3. The van der Waals surface area contributed by atoms with Crippen molar-refractivity contribution in [2.45, 2.75) is 6.54 Å². The van der Waals surface area contributed by atoms with Crippen LogP contribution in [0.15, 0.2) is 23.3 Å². The van der Waals surface area contributed by atoms with Gasteiger partial charge in [-0.3, -0.25) is 9.78 Å². The second-order valence-corrected chi connectivity index (χ2v) is 3.14. The Morgan fingerprint density at radius 2 is 2.38 bits per heavy atom. The predicted octanol–water partition coefficient (Wildman–Crippen LogP) is 0.443. The normalized spacial score (nSPS) is 10.1. The van der Waals surface area contributed by atoms with Crippen LogP contribution in [0.2, 0.25) is 5.15 Å². The first-order chi connectivity index (χ1) is 7.75. The number of carbonyl (C=O) groups is 1. The molecular weight excluding hydrogens is 234 g/mol. The van der Waals surface area contributed by atoms with Gasteiger partial charge in [-0.2, -0.15) is 4.98 Å². The SMILES string of the molecule is O=C(NCc1ncon1)c1cncc(Cl)n1.